The molecule has 1 amide bonds. The van der Waals surface area contributed by atoms with Crippen LogP contribution in [0.4, 0.5) is 0 Å². The monoisotopic (exact) mass is 290 g/mol. The van der Waals surface area contributed by atoms with E-state index in [-0.39, 0.29) is 18.4 Å². The Morgan fingerprint density at radius 2 is 1.95 bits per heavy atom. The molecule has 4 heteroatoms. The third kappa shape index (κ3) is 6.62. The summed E-state index contributed by atoms with van der Waals surface area (Å²) in [5, 5.41) is 0. The predicted molar refractivity (Wildman–Crippen MR) is 83.4 cm³/mol. The van der Waals surface area contributed by atoms with Crippen molar-refractivity contribution in [3.8, 4) is 0 Å². The fraction of sp³-hybridized carbons (Fsp3) is 0.933. The topological polar surface area (TPSA) is 46.3 Å². The molecule has 1 aliphatic heterocycles. The molecule has 0 aromatic rings. The predicted octanol–water partition coefficient (Wildman–Crippen LogP) is 3.07. The van der Waals surface area contributed by atoms with Crippen molar-refractivity contribution in [1.82, 2.24) is 4.90 Å². The molecule has 1 rings (SSSR count). The minimum absolute atomic E-state index is 0. The first kappa shape index (κ1) is 18.7. The van der Waals surface area contributed by atoms with Crippen molar-refractivity contribution in [1.29, 1.82) is 0 Å². The lowest BCUT2D eigenvalue weighted by Crippen LogP contribution is -2.45. The second-order valence-corrected chi connectivity index (χ2v) is 6.54. The molecule has 0 aliphatic carbocycles. The minimum Gasteiger partial charge on any atom is -0.342 e. The molecule has 114 valence electrons. The van der Waals surface area contributed by atoms with Crippen molar-refractivity contribution in [2.24, 2.45) is 23.5 Å². The van der Waals surface area contributed by atoms with Crippen molar-refractivity contribution in [2.45, 2.75) is 59.4 Å². The standard InChI is InChI=1S/C15H30N2O.ClH/c1-11(2)8-12(3)9-15(18)17-7-5-6-14(10-17)13(4)16;/h11-14H,5-10,16H2,1-4H3;1H. The molecule has 0 saturated carbocycles. The average Bonchev–Trinajstić information content (AvgIpc) is 2.27. The van der Waals surface area contributed by atoms with E-state index in [1.165, 1.54) is 6.42 Å². The number of halogens is 1. The Kier molecular flexibility index (Phi) is 8.67. The van der Waals surface area contributed by atoms with E-state index in [0.29, 0.717) is 30.1 Å². The van der Waals surface area contributed by atoms with Gasteiger partial charge in [-0.15, -0.1) is 12.4 Å². The Morgan fingerprint density at radius 3 is 2.47 bits per heavy atom. The number of rotatable bonds is 5. The summed E-state index contributed by atoms with van der Waals surface area (Å²) in [5.74, 6) is 1.98. The molecule has 1 fully saturated rings. The zero-order chi connectivity index (χ0) is 13.7. The quantitative estimate of drug-likeness (QED) is 0.846. The number of nitrogens with two attached hydrogens (primary N) is 1. The van der Waals surface area contributed by atoms with Gasteiger partial charge in [0.1, 0.15) is 0 Å². The molecule has 3 unspecified atom stereocenters. The van der Waals surface area contributed by atoms with Gasteiger partial charge in [0.2, 0.25) is 5.91 Å². The van der Waals surface area contributed by atoms with Crippen LogP contribution in [0.5, 0.6) is 0 Å². The van der Waals surface area contributed by atoms with Gasteiger partial charge >= 0.3 is 0 Å². The fourth-order valence-corrected chi connectivity index (χ4v) is 2.98. The van der Waals surface area contributed by atoms with Gasteiger partial charge in [-0.2, -0.15) is 0 Å². The molecule has 0 aromatic carbocycles. The molecule has 3 nitrogen and oxygen atoms in total. The number of likely N-dealkylation sites (tertiary alicyclic amines) is 1. The Bertz CT molecular complexity index is 269. The minimum atomic E-state index is 0. The lowest BCUT2D eigenvalue weighted by molar-refractivity contribution is -0.134. The highest BCUT2D eigenvalue weighted by atomic mass is 35.5. The number of nitrogens with zero attached hydrogens (tertiary/aromatic N) is 1. The molecular weight excluding hydrogens is 260 g/mol. The number of hydrogen-bond acceptors (Lipinski definition) is 2. The van der Waals surface area contributed by atoms with Gasteiger partial charge in [-0.25, -0.2) is 0 Å². The molecule has 1 saturated heterocycles. The second-order valence-electron chi connectivity index (χ2n) is 6.54. The average molecular weight is 291 g/mol. The fourth-order valence-electron chi connectivity index (χ4n) is 2.98. The maximum atomic E-state index is 12.2. The van der Waals surface area contributed by atoms with E-state index in [4.69, 9.17) is 5.73 Å². The second kappa shape index (κ2) is 8.80. The lowest BCUT2D eigenvalue weighted by Gasteiger charge is -2.35. The summed E-state index contributed by atoms with van der Waals surface area (Å²) in [6.45, 7) is 10.5. The molecule has 0 aromatic heterocycles. The van der Waals surface area contributed by atoms with Gasteiger partial charge in [-0.05, 0) is 43.9 Å². The van der Waals surface area contributed by atoms with Gasteiger partial charge < -0.3 is 10.6 Å². The van der Waals surface area contributed by atoms with Crippen LogP contribution in [0.3, 0.4) is 0 Å². The summed E-state index contributed by atoms with van der Waals surface area (Å²) < 4.78 is 0. The summed E-state index contributed by atoms with van der Waals surface area (Å²) in [6.07, 6.45) is 4.11. The SMILES string of the molecule is CC(C)CC(C)CC(=O)N1CCCC(C(C)N)C1.Cl. The van der Waals surface area contributed by atoms with Gasteiger partial charge in [0.15, 0.2) is 0 Å². The van der Waals surface area contributed by atoms with Gasteiger partial charge in [-0.1, -0.05) is 20.8 Å². The van der Waals surface area contributed by atoms with Crippen LogP contribution in [0, 0.1) is 17.8 Å². The van der Waals surface area contributed by atoms with E-state index >= 15 is 0 Å². The molecule has 0 spiro atoms. The summed E-state index contributed by atoms with van der Waals surface area (Å²) in [6, 6.07) is 0.202. The highest BCUT2D eigenvalue weighted by Crippen LogP contribution is 2.21. The van der Waals surface area contributed by atoms with Crippen LogP contribution < -0.4 is 5.73 Å². The molecular formula is C15H31ClN2O. The molecule has 1 heterocycles. The van der Waals surface area contributed by atoms with Crippen LogP contribution in [0.25, 0.3) is 0 Å². The first-order valence-corrected chi connectivity index (χ1v) is 7.43. The van der Waals surface area contributed by atoms with Crippen LogP contribution in [0.1, 0.15) is 53.4 Å². The molecule has 2 N–H and O–H groups in total. The highest BCUT2D eigenvalue weighted by Gasteiger charge is 2.26. The van der Waals surface area contributed by atoms with E-state index in [0.717, 1.165) is 25.9 Å². The number of piperidine rings is 1. The van der Waals surface area contributed by atoms with E-state index < -0.39 is 0 Å². The number of carbonyl (C=O) groups is 1. The first-order valence-electron chi connectivity index (χ1n) is 7.43. The van der Waals surface area contributed by atoms with E-state index in [1.807, 2.05) is 4.90 Å². The molecule has 0 bridgehead atoms. The number of carbonyl (C=O) groups excluding carboxylic acids is 1. The summed E-state index contributed by atoms with van der Waals surface area (Å²) in [7, 11) is 0. The first-order chi connectivity index (χ1) is 8.40. The van der Waals surface area contributed by atoms with Gasteiger partial charge in [0.25, 0.3) is 0 Å². The van der Waals surface area contributed by atoms with Gasteiger partial charge in [-0.3, -0.25) is 4.79 Å². The Balaban J connectivity index is 0.00000324. The smallest absolute Gasteiger partial charge is 0.222 e. The van der Waals surface area contributed by atoms with E-state index in [1.54, 1.807) is 0 Å². The van der Waals surface area contributed by atoms with Crippen molar-refractivity contribution < 1.29 is 4.79 Å². The number of hydrogen-bond donors (Lipinski definition) is 1. The summed E-state index contributed by atoms with van der Waals surface area (Å²) >= 11 is 0. The third-order valence-electron chi connectivity index (χ3n) is 3.95. The summed E-state index contributed by atoms with van der Waals surface area (Å²) in [5.41, 5.74) is 5.96. The van der Waals surface area contributed by atoms with Crippen LogP contribution in [-0.2, 0) is 4.79 Å². The third-order valence-corrected chi connectivity index (χ3v) is 3.95. The molecule has 0 radical (unpaired) electrons. The Morgan fingerprint density at radius 1 is 1.32 bits per heavy atom. The molecule has 3 atom stereocenters. The van der Waals surface area contributed by atoms with Crippen molar-refractivity contribution in [3.05, 3.63) is 0 Å². The summed E-state index contributed by atoms with van der Waals surface area (Å²) in [4.78, 5) is 14.3. The zero-order valence-electron chi connectivity index (χ0n) is 12.9. The normalized spacial score (nSPS) is 22.8. The highest BCUT2D eigenvalue weighted by molar-refractivity contribution is 5.85. The lowest BCUT2D eigenvalue weighted by atomic mass is 9.91. The zero-order valence-corrected chi connectivity index (χ0v) is 13.7. The van der Waals surface area contributed by atoms with Crippen molar-refractivity contribution in [2.75, 3.05) is 13.1 Å². The van der Waals surface area contributed by atoms with E-state index in [2.05, 4.69) is 27.7 Å². The van der Waals surface area contributed by atoms with Crippen LogP contribution in [0.15, 0.2) is 0 Å². The van der Waals surface area contributed by atoms with Crippen molar-refractivity contribution in [3.63, 3.8) is 0 Å². The van der Waals surface area contributed by atoms with E-state index in [9.17, 15) is 4.79 Å². The number of amides is 1. The van der Waals surface area contributed by atoms with Crippen LogP contribution in [0.2, 0.25) is 0 Å². The maximum absolute atomic E-state index is 12.2. The van der Waals surface area contributed by atoms with Crippen LogP contribution >= 0.6 is 12.4 Å². The van der Waals surface area contributed by atoms with Crippen LogP contribution in [-0.4, -0.2) is 29.9 Å². The Hall–Kier alpha value is -0.280. The van der Waals surface area contributed by atoms with Gasteiger partial charge in [0, 0.05) is 25.6 Å². The molecule has 1 aliphatic rings. The van der Waals surface area contributed by atoms with Crippen molar-refractivity contribution >= 4 is 18.3 Å². The maximum Gasteiger partial charge on any atom is 0.222 e. The molecule has 19 heavy (non-hydrogen) atoms. The Labute approximate surface area is 124 Å². The van der Waals surface area contributed by atoms with Gasteiger partial charge in [0.05, 0.1) is 0 Å². The largest absolute Gasteiger partial charge is 0.342 e.